The van der Waals surface area contributed by atoms with Crippen molar-refractivity contribution in [1.29, 1.82) is 10.5 Å². The number of aryl methyl sites for hydroxylation is 1. The molecule has 0 spiro atoms. The number of ketones is 2. The molecule has 2 heterocycles. The lowest BCUT2D eigenvalue weighted by molar-refractivity contribution is -0.151. The van der Waals surface area contributed by atoms with Gasteiger partial charge in [-0.25, -0.2) is 22.8 Å². The Morgan fingerprint density at radius 3 is 1.56 bits per heavy atom. The van der Waals surface area contributed by atoms with Crippen molar-refractivity contribution in [2.45, 2.75) is 235 Å². The molecule has 0 N–H and O–H groups in total. The predicted molar refractivity (Wildman–Crippen MR) is 506 cm³/mol. The third-order valence-electron chi connectivity index (χ3n) is 20.6. The van der Waals surface area contributed by atoms with Crippen LogP contribution in [0.15, 0.2) is 257 Å². The zero-order valence-corrected chi connectivity index (χ0v) is 78.0. The minimum Gasteiger partial charge on any atom is -0.497 e. The number of hydrogen-bond acceptors (Lipinski definition) is 17. The Morgan fingerprint density at radius 1 is 0.597 bits per heavy atom. The Bertz CT molecular complexity index is 4850. The standard InChI is InChI=1S/C25H39NO2S.C24H37NO2.C20H22O3.C19H13N3.C17H27NO5/c1-5-8-9-10-11-12-14-18-23(4)25(21-17-22-26(6-2)7-3)29(27,28)24-19-15-13-16-20-24;1-4-7-8-9-10-14-20-27-24(26)23(18-15-19-25(5-2)6-3)21-22-16-12-11-13-17-22;1-20(2,3)16-9-5-14(6-10-16)18(21)13-19(22)15-7-11-17(23-4)12-8-15;1-22-18-10-6-5-9-16(18)17(11-14(12-20)13-21)19(22)15-7-3-2-4-8-15;1-11(2)22-15(19)13(16(20)23-12(3)4)8-9-14-18(7)17(5,6)10-21-14/h13,15-17,19-22H,4-12,14,18H2,1-3H3;11-13,15-19H,4-10,14,20-21H2,1-3H3;5-12H,13H2,1-4H3;2-11H,1H3;8-9,11-12H,10H2,1-7H3/b22-17+,25-21-;19-15+,23-18+;;;14-9-. The number of nitrogens with zero attached hydrogens (tertiary/aromatic N) is 6. The number of nitriles is 2. The van der Waals surface area contributed by atoms with Crippen molar-refractivity contribution < 1.29 is 56.1 Å². The van der Waals surface area contributed by atoms with Crippen LogP contribution in [-0.4, -0.2) is 128 Å². The molecule has 18 nitrogen and oxygen atoms in total. The number of methoxy groups -OCH3 is 1. The van der Waals surface area contributed by atoms with E-state index < -0.39 is 21.8 Å². The number of ether oxygens (including phenoxy) is 5. The van der Waals surface area contributed by atoms with E-state index in [1.165, 1.54) is 63.9 Å². The van der Waals surface area contributed by atoms with Gasteiger partial charge in [-0.2, -0.15) is 10.5 Å². The SMILES string of the molecule is C=C(CCCCCCCCC)/C(=C/C=C/N(CC)CC)S(=O)(=O)c1ccccc1.CC(C)OC(=O)C(=C/C=C1\OCC(C)(C)N1C)C(=O)OC(C)C.CCCCCCCCOC(=O)/C(=C/C=C/N(CC)CC)Cc1ccccc1.COc1ccc(C(=O)CC(=O)c2ccc(C(C)(C)C)cc2)cc1.Cn1c(-c2ccccc2)c(C=C(C#N)C#N)c2ccccc21. The molecule has 0 atom stereocenters. The van der Waals surface area contributed by atoms with Gasteiger partial charge in [-0.15, -0.1) is 0 Å². The van der Waals surface area contributed by atoms with Gasteiger partial charge in [-0.3, -0.25) is 9.59 Å². The molecule has 19 heteroatoms. The molecule has 0 aliphatic carbocycles. The quantitative estimate of drug-likeness (QED) is 0.00399. The number of likely N-dealkylation sites (N-methyl/N-ethyl adjacent to an activating group) is 1. The first-order valence-corrected chi connectivity index (χ1v) is 45.4. The van der Waals surface area contributed by atoms with Crippen LogP contribution >= 0.6 is 0 Å². The van der Waals surface area contributed by atoms with Crippen LogP contribution in [0, 0.1) is 22.7 Å². The summed E-state index contributed by atoms with van der Waals surface area (Å²) >= 11 is 0. The highest BCUT2D eigenvalue weighted by Gasteiger charge is 2.34. The fraction of sp³-hybridized carbons (Fsp3) is 0.419. The van der Waals surface area contributed by atoms with Gasteiger partial charge in [0.1, 0.15) is 35.6 Å². The number of esters is 3. The van der Waals surface area contributed by atoms with Crippen LogP contribution in [0.2, 0.25) is 0 Å². The van der Waals surface area contributed by atoms with Crippen molar-refractivity contribution in [3.8, 4) is 29.1 Å². The van der Waals surface area contributed by atoms with Crippen LogP contribution in [0.3, 0.4) is 0 Å². The average molecular weight is 1710 g/mol. The van der Waals surface area contributed by atoms with Crippen LogP contribution in [0.5, 0.6) is 5.75 Å². The highest BCUT2D eigenvalue weighted by Crippen LogP contribution is 2.36. The number of sulfone groups is 1. The van der Waals surface area contributed by atoms with Crippen LogP contribution < -0.4 is 4.74 Å². The van der Waals surface area contributed by atoms with E-state index in [-0.39, 0.29) is 58.3 Å². The number of fused-ring (bicyclic) bond motifs is 1. The van der Waals surface area contributed by atoms with Crippen LogP contribution in [0.1, 0.15) is 238 Å². The Morgan fingerprint density at radius 2 is 1.07 bits per heavy atom. The summed E-state index contributed by atoms with van der Waals surface area (Å²) in [6.45, 7) is 39.0. The van der Waals surface area contributed by atoms with E-state index in [9.17, 15) is 32.4 Å². The zero-order valence-electron chi connectivity index (χ0n) is 77.2. The van der Waals surface area contributed by atoms with Gasteiger partial charge in [0, 0.05) is 79.9 Å². The van der Waals surface area contributed by atoms with Gasteiger partial charge < -0.3 is 43.0 Å². The second kappa shape index (κ2) is 56.3. The normalized spacial score (nSPS) is 12.7. The summed E-state index contributed by atoms with van der Waals surface area (Å²) in [4.78, 5) is 68.2. The lowest BCUT2D eigenvalue weighted by Gasteiger charge is -2.25. The molecular weight excluding hydrogens is 1570 g/mol. The summed E-state index contributed by atoms with van der Waals surface area (Å²) in [5.74, 6) is -0.682. The number of aromatic nitrogens is 1. The molecule has 6 aromatic carbocycles. The molecule has 1 fully saturated rings. The Balaban J connectivity index is 0.000000326. The van der Waals surface area contributed by atoms with Gasteiger partial charge in [-0.1, -0.05) is 239 Å². The van der Waals surface area contributed by atoms with Crippen molar-refractivity contribution in [3.05, 3.63) is 280 Å². The number of Topliss-reactive ketones (excluding diaryl/α,β-unsaturated/α-hetero) is 2. The predicted octanol–water partition coefficient (Wildman–Crippen LogP) is 23.9. The second-order valence-corrected chi connectivity index (χ2v) is 34.3. The Labute approximate surface area is 742 Å². The maximum absolute atomic E-state index is 13.2. The lowest BCUT2D eigenvalue weighted by Crippen LogP contribution is -2.36. The summed E-state index contributed by atoms with van der Waals surface area (Å²) in [5.41, 5.74) is 8.67. The van der Waals surface area contributed by atoms with Crippen LogP contribution in [0.4, 0.5) is 0 Å². The first-order valence-electron chi connectivity index (χ1n) is 43.9. The molecule has 1 saturated heterocycles. The fourth-order valence-electron chi connectivity index (χ4n) is 13.0. The van der Waals surface area contributed by atoms with Gasteiger partial charge in [0.2, 0.25) is 9.84 Å². The third kappa shape index (κ3) is 36.5. The van der Waals surface area contributed by atoms with E-state index in [1.807, 2.05) is 179 Å². The van der Waals surface area contributed by atoms with E-state index in [0.717, 1.165) is 90.7 Å². The van der Waals surface area contributed by atoms with Gasteiger partial charge in [0.15, 0.2) is 17.4 Å². The molecule has 1 aromatic heterocycles. The molecule has 8 rings (SSSR count). The number of hydrogen-bond donors (Lipinski definition) is 0. The largest absolute Gasteiger partial charge is 0.497 e. The number of carbonyl (C=O) groups excluding carboxylic acids is 5. The molecule has 0 unspecified atom stereocenters. The highest BCUT2D eigenvalue weighted by atomic mass is 32.2. The summed E-state index contributed by atoms with van der Waals surface area (Å²) in [6, 6.07) is 54.9. The minimum absolute atomic E-state index is 0.0422. The molecule has 0 saturated carbocycles. The topological polar surface area (TPSA) is 228 Å². The summed E-state index contributed by atoms with van der Waals surface area (Å²) in [6.07, 6.45) is 32.1. The monoisotopic (exact) mass is 1710 g/mol. The number of unbranched alkanes of at least 4 members (excludes halogenated alkanes) is 11. The van der Waals surface area contributed by atoms with Gasteiger partial charge in [0.25, 0.3) is 0 Å². The van der Waals surface area contributed by atoms with Crippen molar-refractivity contribution in [3.63, 3.8) is 0 Å². The summed E-state index contributed by atoms with van der Waals surface area (Å²) in [5, 5.41) is 19.2. The van der Waals surface area contributed by atoms with E-state index >= 15 is 0 Å². The van der Waals surface area contributed by atoms with Crippen molar-refractivity contribution in [2.75, 3.05) is 53.6 Å². The highest BCUT2D eigenvalue weighted by molar-refractivity contribution is 7.95. The average Bonchev–Trinajstić information content (AvgIpc) is 1.60. The molecule has 1 aliphatic rings. The number of rotatable bonds is 41. The molecule has 124 heavy (non-hydrogen) atoms. The molecule has 1 aliphatic heterocycles. The Kier molecular flexibility index (Phi) is 47.6. The first-order chi connectivity index (χ1) is 59.3. The molecule has 0 radical (unpaired) electrons. The molecular formula is C105H138N6O12S. The van der Waals surface area contributed by atoms with E-state index in [0.29, 0.717) is 69.8 Å². The molecule has 0 bridgehead atoms. The third-order valence-corrected chi connectivity index (χ3v) is 22.5. The lowest BCUT2D eigenvalue weighted by atomic mass is 9.86. The number of para-hydroxylation sites is 1. The number of benzene rings is 6. The molecule has 666 valence electrons. The summed E-state index contributed by atoms with van der Waals surface area (Å²) < 4.78 is 54.9. The zero-order chi connectivity index (χ0) is 91.6. The van der Waals surface area contributed by atoms with E-state index in [1.54, 1.807) is 114 Å². The molecule has 7 aromatic rings. The van der Waals surface area contributed by atoms with E-state index in [4.69, 9.17) is 34.2 Å². The maximum atomic E-state index is 13.2. The van der Waals surface area contributed by atoms with Crippen LogP contribution in [0.25, 0.3) is 28.2 Å². The second-order valence-electron chi connectivity index (χ2n) is 32.4. The number of allylic oxidation sites excluding steroid dienone is 8. The smallest absolute Gasteiger partial charge is 0.345 e. The molecule has 0 amide bonds. The van der Waals surface area contributed by atoms with Crippen molar-refractivity contribution in [1.82, 2.24) is 19.3 Å². The van der Waals surface area contributed by atoms with Gasteiger partial charge >= 0.3 is 17.9 Å². The maximum Gasteiger partial charge on any atom is 0.345 e. The minimum atomic E-state index is -3.57. The van der Waals surface area contributed by atoms with Gasteiger partial charge in [0.05, 0.1) is 53.4 Å². The summed E-state index contributed by atoms with van der Waals surface area (Å²) in [7, 11) is 1.89. The van der Waals surface area contributed by atoms with Crippen LogP contribution in [-0.2, 0) is 62.1 Å². The van der Waals surface area contributed by atoms with Gasteiger partial charge in [-0.05, 0) is 207 Å². The van der Waals surface area contributed by atoms with E-state index in [2.05, 4.69) is 83.3 Å². The number of carbonyl (C=O) groups is 5. The van der Waals surface area contributed by atoms with Crippen molar-refractivity contribution in [2.24, 2.45) is 7.05 Å². The fourth-order valence-corrected chi connectivity index (χ4v) is 14.5. The van der Waals surface area contributed by atoms with Crippen molar-refractivity contribution >= 4 is 56.3 Å². The first kappa shape index (κ1) is 105. The Hall–Kier alpha value is -11.5.